The van der Waals surface area contributed by atoms with Crippen molar-refractivity contribution in [2.24, 2.45) is 0 Å². The summed E-state index contributed by atoms with van der Waals surface area (Å²) in [5, 5.41) is 2.61. The summed E-state index contributed by atoms with van der Waals surface area (Å²) in [6, 6.07) is 11.3. The molecule has 6 heteroatoms. The van der Waals surface area contributed by atoms with Crippen molar-refractivity contribution in [2.75, 3.05) is 13.1 Å². The summed E-state index contributed by atoms with van der Waals surface area (Å²) in [5.41, 5.74) is 0.667. The highest BCUT2D eigenvalue weighted by molar-refractivity contribution is 7.10. The Labute approximate surface area is 155 Å². The lowest BCUT2D eigenvalue weighted by atomic mass is 10.0. The molecule has 1 aliphatic rings. The Morgan fingerprint density at radius 1 is 1.23 bits per heavy atom. The molecule has 3 heterocycles. The summed E-state index contributed by atoms with van der Waals surface area (Å²) in [6.45, 7) is 1.26. The first kappa shape index (κ1) is 16.7. The van der Waals surface area contributed by atoms with E-state index in [9.17, 15) is 9.59 Å². The fourth-order valence-corrected chi connectivity index (χ4v) is 3.99. The van der Waals surface area contributed by atoms with E-state index in [1.54, 1.807) is 34.4 Å². The number of piperidine rings is 1. The van der Waals surface area contributed by atoms with Crippen molar-refractivity contribution in [2.45, 2.75) is 18.9 Å². The number of hydrogen-bond donors (Lipinski definition) is 0. The van der Waals surface area contributed by atoms with Gasteiger partial charge in [0.15, 0.2) is 0 Å². The maximum atomic E-state index is 12.8. The van der Waals surface area contributed by atoms with Crippen LogP contribution in [0.25, 0.3) is 17.0 Å². The van der Waals surface area contributed by atoms with Crippen LogP contribution in [0.4, 0.5) is 0 Å². The second kappa shape index (κ2) is 7.25. The first-order valence-corrected chi connectivity index (χ1v) is 9.57. The zero-order valence-corrected chi connectivity index (χ0v) is 15.1. The minimum atomic E-state index is -0.0379. The molecule has 1 unspecified atom stereocenters. The number of nitrogens with zero attached hydrogens (tertiary/aromatic N) is 3. The molecule has 1 aliphatic heterocycles. The van der Waals surface area contributed by atoms with Crippen molar-refractivity contribution >= 4 is 34.2 Å². The summed E-state index contributed by atoms with van der Waals surface area (Å²) < 4.78 is 1.69. The zero-order chi connectivity index (χ0) is 17.9. The number of hydrogen-bond acceptors (Lipinski definition) is 4. The number of benzene rings is 1. The van der Waals surface area contributed by atoms with Crippen LogP contribution in [0.15, 0.2) is 59.0 Å². The first-order chi connectivity index (χ1) is 12.7. The molecule has 26 heavy (non-hydrogen) atoms. The molecule has 2 aromatic heterocycles. The van der Waals surface area contributed by atoms with E-state index < -0.39 is 0 Å². The van der Waals surface area contributed by atoms with E-state index in [-0.39, 0.29) is 17.5 Å². The molecular formula is C20H19N3O2S. The average molecular weight is 365 g/mol. The molecule has 1 saturated heterocycles. The van der Waals surface area contributed by atoms with Gasteiger partial charge in [-0.1, -0.05) is 18.2 Å². The number of likely N-dealkylation sites (tertiary alicyclic amines) is 1. The van der Waals surface area contributed by atoms with Gasteiger partial charge in [0.05, 0.1) is 23.3 Å². The average Bonchev–Trinajstić information content (AvgIpc) is 3.20. The Morgan fingerprint density at radius 2 is 2.12 bits per heavy atom. The second-order valence-corrected chi connectivity index (χ2v) is 7.38. The maximum Gasteiger partial charge on any atom is 0.261 e. The van der Waals surface area contributed by atoms with Gasteiger partial charge in [-0.2, -0.15) is 0 Å². The van der Waals surface area contributed by atoms with Crippen molar-refractivity contribution in [3.63, 3.8) is 0 Å². The van der Waals surface area contributed by atoms with E-state index in [1.807, 2.05) is 46.7 Å². The van der Waals surface area contributed by atoms with Gasteiger partial charge in [0.2, 0.25) is 5.91 Å². The van der Waals surface area contributed by atoms with Crippen LogP contribution in [-0.4, -0.2) is 33.4 Å². The molecular weight excluding hydrogens is 346 g/mol. The van der Waals surface area contributed by atoms with Gasteiger partial charge in [-0.15, -0.1) is 11.3 Å². The van der Waals surface area contributed by atoms with Crippen LogP contribution >= 0.6 is 11.3 Å². The van der Waals surface area contributed by atoms with Crippen LogP contribution in [0, 0.1) is 0 Å². The molecule has 1 amide bonds. The lowest BCUT2D eigenvalue weighted by Gasteiger charge is -2.33. The normalized spacial score (nSPS) is 17.8. The Hall–Kier alpha value is -2.73. The van der Waals surface area contributed by atoms with E-state index >= 15 is 0 Å². The van der Waals surface area contributed by atoms with E-state index in [1.165, 1.54) is 0 Å². The number of aromatic nitrogens is 2. The summed E-state index contributed by atoms with van der Waals surface area (Å²) in [4.78, 5) is 32.6. The molecule has 3 aromatic rings. The Bertz CT molecular complexity index is 1010. The lowest BCUT2D eigenvalue weighted by molar-refractivity contribution is -0.127. The quantitative estimate of drug-likeness (QED) is 0.669. The van der Waals surface area contributed by atoms with Crippen molar-refractivity contribution in [1.29, 1.82) is 0 Å². The van der Waals surface area contributed by atoms with E-state index in [4.69, 9.17) is 0 Å². The van der Waals surface area contributed by atoms with E-state index in [0.717, 1.165) is 24.3 Å². The predicted octanol–water partition coefficient (Wildman–Crippen LogP) is 3.33. The topological polar surface area (TPSA) is 55.2 Å². The number of amides is 1. The van der Waals surface area contributed by atoms with Gasteiger partial charge in [-0.05, 0) is 42.5 Å². The molecule has 0 radical (unpaired) electrons. The molecule has 132 valence electrons. The monoisotopic (exact) mass is 365 g/mol. The Morgan fingerprint density at radius 3 is 2.96 bits per heavy atom. The summed E-state index contributed by atoms with van der Waals surface area (Å²) in [6.07, 6.45) is 6.83. The van der Waals surface area contributed by atoms with Crippen molar-refractivity contribution < 1.29 is 4.79 Å². The molecule has 0 spiro atoms. The van der Waals surface area contributed by atoms with Gasteiger partial charge in [0, 0.05) is 24.0 Å². The fourth-order valence-electron chi connectivity index (χ4n) is 3.37. The number of fused-ring (bicyclic) bond motifs is 1. The third-order valence-electron chi connectivity index (χ3n) is 4.73. The first-order valence-electron chi connectivity index (χ1n) is 8.69. The third-order valence-corrected chi connectivity index (χ3v) is 5.56. The molecule has 5 nitrogen and oxygen atoms in total. The van der Waals surface area contributed by atoms with Gasteiger partial charge < -0.3 is 4.90 Å². The van der Waals surface area contributed by atoms with Crippen LogP contribution < -0.4 is 5.56 Å². The number of thiophene rings is 1. The fraction of sp³-hybridized carbons (Fsp3) is 0.250. The minimum Gasteiger partial charge on any atom is -0.337 e. The largest absolute Gasteiger partial charge is 0.337 e. The predicted molar refractivity (Wildman–Crippen MR) is 104 cm³/mol. The van der Waals surface area contributed by atoms with Gasteiger partial charge in [-0.3, -0.25) is 14.2 Å². The van der Waals surface area contributed by atoms with Crippen LogP contribution in [0.5, 0.6) is 0 Å². The van der Waals surface area contributed by atoms with Crippen molar-refractivity contribution in [3.8, 4) is 0 Å². The molecule has 0 bridgehead atoms. The van der Waals surface area contributed by atoms with Gasteiger partial charge in [-0.25, -0.2) is 4.98 Å². The highest BCUT2D eigenvalue weighted by atomic mass is 32.1. The molecule has 1 atom stereocenters. The van der Waals surface area contributed by atoms with E-state index in [0.29, 0.717) is 17.4 Å². The van der Waals surface area contributed by atoms with Crippen molar-refractivity contribution in [1.82, 2.24) is 14.5 Å². The Kier molecular flexibility index (Phi) is 4.67. The van der Waals surface area contributed by atoms with Gasteiger partial charge in [0.1, 0.15) is 0 Å². The second-order valence-electron chi connectivity index (χ2n) is 6.40. The Balaban J connectivity index is 1.54. The lowest BCUT2D eigenvalue weighted by Crippen LogP contribution is -2.42. The van der Waals surface area contributed by atoms with E-state index in [2.05, 4.69) is 4.98 Å². The number of rotatable bonds is 3. The molecule has 1 fully saturated rings. The summed E-state index contributed by atoms with van der Waals surface area (Å²) >= 11 is 1.60. The summed E-state index contributed by atoms with van der Waals surface area (Å²) in [7, 11) is 0. The van der Waals surface area contributed by atoms with Crippen molar-refractivity contribution in [3.05, 3.63) is 69.4 Å². The SMILES string of the molecule is O=C(/C=C/c1cccs1)N1CCCC(n2cnc3ccccc3c2=O)C1. The maximum absolute atomic E-state index is 12.8. The molecule has 0 aliphatic carbocycles. The summed E-state index contributed by atoms with van der Waals surface area (Å²) in [5.74, 6) is -0.00935. The molecule has 0 saturated carbocycles. The smallest absolute Gasteiger partial charge is 0.261 e. The van der Waals surface area contributed by atoms with Crippen LogP contribution in [0.2, 0.25) is 0 Å². The molecule has 0 N–H and O–H groups in total. The third kappa shape index (κ3) is 3.32. The van der Waals surface area contributed by atoms with Gasteiger partial charge in [0.25, 0.3) is 5.56 Å². The highest BCUT2D eigenvalue weighted by Gasteiger charge is 2.24. The number of carbonyl (C=O) groups excluding carboxylic acids is 1. The minimum absolute atomic E-state index is 0.00935. The standard InChI is InChI=1S/C20H19N3O2S/c24-19(10-9-16-6-4-12-26-16)22-11-3-5-15(13-22)23-14-21-18-8-2-1-7-17(18)20(23)25/h1-2,4,6-10,12,14-15H,3,5,11,13H2/b10-9+. The molecule has 4 rings (SSSR count). The van der Waals surface area contributed by atoms with Gasteiger partial charge >= 0.3 is 0 Å². The molecule has 1 aromatic carbocycles. The highest BCUT2D eigenvalue weighted by Crippen LogP contribution is 2.21. The number of carbonyl (C=O) groups is 1. The number of para-hydroxylation sites is 1. The zero-order valence-electron chi connectivity index (χ0n) is 14.2. The van der Waals surface area contributed by atoms with Crippen LogP contribution in [-0.2, 0) is 4.79 Å². The van der Waals surface area contributed by atoms with Crippen LogP contribution in [0.1, 0.15) is 23.8 Å². The van der Waals surface area contributed by atoms with Crippen LogP contribution in [0.3, 0.4) is 0 Å².